The van der Waals surface area contributed by atoms with Crippen molar-refractivity contribution >= 4 is 11.9 Å². The lowest BCUT2D eigenvalue weighted by molar-refractivity contribution is -0.141. The van der Waals surface area contributed by atoms with Crippen molar-refractivity contribution in [2.24, 2.45) is 5.92 Å². The monoisotopic (exact) mass is 276 g/mol. The van der Waals surface area contributed by atoms with E-state index in [2.05, 4.69) is 10.6 Å². The van der Waals surface area contributed by atoms with E-state index in [1.54, 1.807) is 0 Å². The molecule has 0 fully saturated rings. The van der Waals surface area contributed by atoms with Gasteiger partial charge in [0.15, 0.2) is 0 Å². The Bertz CT molecular complexity index is 502. The minimum Gasteiger partial charge on any atom is -0.481 e. The third kappa shape index (κ3) is 3.17. The summed E-state index contributed by atoms with van der Waals surface area (Å²) in [5.41, 5.74) is 2.16. The minimum atomic E-state index is -0.866. The number of carbonyl (C=O) groups is 2. The summed E-state index contributed by atoms with van der Waals surface area (Å²) < 4.78 is 0. The third-order valence-electron chi connectivity index (χ3n) is 3.78. The topological polar surface area (TPSA) is 78.4 Å². The van der Waals surface area contributed by atoms with Crippen LogP contribution in [0.2, 0.25) is 0 Å². The lowest BCUT2D eigenvalue weighted by atomic mass is 9.90. The molecule has 20 heavy (non-hydrogen) atoms. The van der Waals surface area contributed by atoms with Crippen molar-refractivity contribution in [3.63, 3.8) is 0 Å². The number of carboxylic acid groups (broad SMARTS) is 1. The number of fused-ring (bicyclic) bond motifs is 1. The molecule has 1 heterocycles. The Morgan fingerprint density at radius 2 is 2.20 bits per heavy atom. The molecule has 1 aromatic rings. The SMILES string of the molecule is CCC(CNC(=O)C1CNCc2ccccc21)C(=O)O. The highest BCUT2D eigenvalue weighted by Gasteiger charge is 2.26. The fourth-order valence-corrected chi connectivity index (χ4v) is 2.48. The molecule has 1 aliphatic rings. The fourth-order valence-electron chi connectivity index (χ4n) is 2.48. The van der Waals surface area contributed by atoms with Crippen LogP contribution in [-0.2, 0) is 16.1 Å². The van der Waals surface area contributed by atoms with Gasteiger partial charge in [0.25, 0.3) is 0 Å². The van der Waals surface area contributed by atoms with E-state index in [0.29, 0.717) is 13.0 Å². The summed E-state index contributed by atoms with van der Waals surface area (Å²) in [6, 6.07) is 7.86. The normalized spacial score (nSPS) is 18.9. The van der Waals surface area contributed by atoms with E-state index >= 15 is 0 Å². The molecule has 5 heteroatoms. The Hall–Kier alpha value is -1.88. The molecular weight excluding hydrogens is 256 g/mol. The van der Waals surface area contributed by atoms with Crippen molar-refractivity contribution in [2.45, 2.75) is 25.8 Å². The molecule has 108 valence electrons. The molecule has 0 saturated heterocycles. The second kappa shape index (κ2) is 6.52. The number of carboxylic acids is 1. The quantitative estimate of drug-likeness (QED) is 0.752. The van der Waals surface area contributed by atoms with Gasteiger partial charge in [0.1, 0.15) is 0 Å². The van der Waals surface area contributed by atoms with Gasteiger partial charge in [-0.25, -0.2) is 0 Å². The first kappa shape index (κ1) is 14.5. The van der Waals surface area contributed by atoms with Gasteiger partial charge in [-0.2, -0.15) is 0 Å². The van der Waals surface area contributed by atoms with Crippen LogP contribution in [0.25, 0.3) is 0 Å². The lowest BCUT2D eigenvalue weighted by Gasteiger charge is -2.26. The van der Waals surface area contributed by atoms with Crippen molar-refractivity contribution in [3.8, 4) is 0 Å². The van der Waals surface area contributed by atoms with E-state index in [4.69, 9.17) is 5.11 Å². The lowest BCUT2D eigenvalue weighted by Crippen LogP contribution is -2.41. The Balaban J connectivity index is 2.02. The van der Waals surface area contributed by atoms with Crippen LogP contribution in [0.5, 0.6) is 0 Å². The van der Waals surface area contributed by atoms with Crippen molar-refractivity contribution in [1.82, 2.24) is 10.6 Å². The first-order valence-electron chi connectivity index (χ1n) is 6.92. The molecule has 1 amide bonds. The first-order valence-corrected chi connectivity index (χ1v) is 6.92. The molecule has 0 radical (unpaired) electrons. The van der Waals surface area contributed by atoms with Gasteiger partial charge in [0.2, 0.25) is 5.91 Å². The number of hydrogen-bond donors (Lipinski definition) is 3. The van der Waals surface area contributed by atoms with Crippen molar-refractivity contribution in [1.29, 1.82) is 0 Å². The summed E-state index contributed by atoms with van der Waals surface area (Å²) in [7, 11) is 0. The highest BCUT2D eigenvalue weighted by molar-refractivity contribution is 5.85. The van der Waals surface area contributed by atoms with Gasteiger partial charge < -0.3 is 15.7 Å². The molecule has 2 unspecified atom stereocenters. The van der Waals surface area contributed by atoms with Crippen molar-refractivity contribution in [3.05, 3.63) is 35.4 Å². The third-order valence-corrected chi connectivity index (χ3v) is 3.78. The summed E-state index contributed by atoms with van der Waals surface area (Å²) in [6.45, 7) is 3.35. The standard InChI is InChI=1S/C15H20N2O3/c1-2-10(15(19)20)8-17-14(18)13-9-16-7-11-5-3-4-6-12(11)13/h3-6,10,13,16H,2,7-9H2,1H3,(H,17,18)(H,19,20). The second-order valence-electron chi connectivity index (χ2n) is 5.07. The Kier molecular flexibility index (Phi) is 4.74. The first-order chi connectivity index (χ1) is 9.63. The molecule has 5 nitrogen and oxygen atoms in total. The van der Waals surface area contributed by atoms with E-state index in [0.717, 1.165) is 17.7 Å². The maximum atomic E-state index is 12.3. The zero-order valence-electron chi connectivity index (χ0n) is 11.6. The predicted octanol–water partition coefficient (Wildman–Crippen LogP) is 1.10. The van der Waals surface area contributed by atoms with Crippen LogP contribution in [0.3, 0.4) is 0 Å². The zero-order chi connectivity index (χ0) is 14.5. The summed E-state index contributed by atoms with van der Waals surface area (Å²) >= 11 is 0. The molecule has 3 N–H and O–H groups in total. The number of aliphatic carboxylic acids is 1. The molecule has 0 aliphatic carbocycles. The highest BCUT2D eigenvalue weighted by atomic mass is 16.4. The molecule has 2 rings (SSSR count). The van der Waals surface area contributed by atoms with E-state index in [1.165, 1.54) is 0 Å². The highest BCUT2D eigenvalue weighted by Crippen LogP contribution is 2.23. The average molecular weight is 276 g/mol. The second-order valence-corrected chi connectivity index (χ2v) is 5.07. The van der Waals surface area contributed by atoms with Gasteiger partial charge in [-0.15, -0.1) is 0 Å². The molecule has 0 spiro atoms. The van der Waals surface area contributed by atoms with Crippen molar-refractivity contribution in [2.75, 3.05) is 13.1 Å². The van der Waals surface area contributed by atoms with Crippen LogP contribution in [0.4, 0.5) is 0 Å². The molecule has 2 atom stereocenters. The number of carbonyl (C=O) groups excluding carboxylic acids is 1. The van der Waals surface area contributed by atoms with E-state index in [9.17, 15) is 9.59 Å². The van der Waals surface area contributed by atoms with Crippen molar-refractivity contribution < 1.29 is 14.7 Å². The smallest absolute Gasteiger partial charge is 0.308 e. The Morgan fingerprint density at radius 3 is 2.90 bits per heavy atom. The number of amides is 1. The van der Waals surface area contributed by atoms with Gasteiger partial charge >= 0.3 is 5.97 Å². The van der Waals surface area contributed by atoms with Crippen LogP contribution in [0.1, 0.15) is 30.4 Å². The molecule has 0 aromatic heterocycles. The zero-order valence-corrected chi connectivity index (χ0v) is 11.6. The van der Waals surface area contributed by atoms with Gasteiger partial charge in [-0.1, -0.05) is 31.2 Å². The fraction of sp³-hybridized carbons (Fsp3) is 0.467. The van der Waals surface area contributed by atoms with Crippen LogP contribution in [-0.4, -0.2) is 30.1 Å². The van der Waals surface area contributed by atoms with Crippen LogP contribution < -0.4 is 10.6 Å². The minimum absolute atomic E-state index is 0.107. The van der Waals surface area contributed by atoms with Gasteiger partial charge in [-0.05, 0) is 17.5 Å². The number of benzene rings is 1. The summed E-state index contributed by atoms with van der Waals surface area (Å²) in [4.78, 5) is 23.2. The van der Waals surface area contributed by atoms with Crippen LogP contribution in [0.15, 0.2) is 24.3 Å². The maximum absolute atomic E-state index is 12.3. The predicted molar refractivity (Wildman–Crippen MR) is 75.3 cm³/mol. The molecule has 0 saturated carbocycles. The van der Waals surface area contributed by atoms with Gasteiger partial charge in [0.05, 0.1) is 11.8 Å². The maximum Gasteiger partial charge on any atom is 0.308 e. The van der Waals surface area contributed by atoms with E-state index < -0.39 is 11.9 Å². The number of hydrogen-bond acceptors (Lipinski definition) is 3. The van der Waals surface area contributed by atoms with E-state index in [-0.39, 0.29) is 18.4 Å². The largest absolute Gasteiger partial charge is 0.481 e. The molecular formula is C15H20N2O3. The molecule has 1 aliphatic heterocycles. The Morgan fingerprint density at radius 1 is 1.45 bits per heavy atom. The molecule has 1 aromatic carbocycles. The summed E-state index contributed by atoms with van der Waals surface area (Å²) in [6.07, 6.45) is 0.509. The average Bonchev–Trinajstić information content (AvgIpc) is 2.46. The van der Waals surface area contributed by atoms with Crippen LogP contribution in [0, 0.1) is 5.92 Å². The molecule has 0 bridgehead atoms. The Labute approximate surface area is 118 Å². The van der Waals surface area contributed by atoms with Crippen LogP contribution >= 0.6 is 0 Å². The van der Waals surface area contributed by atoms with Gasteiger partial charge in [-0.3, -0.25) is 9.59 Å². The number of nitrogens with one attached hydrogen (secondary N) is 2. The van der Waals surface area contributed by atoms with Gasteiger partial charge in [0, 0.05) is 19.6 Å². The summed E-state index contributed by atoms with van der Waals surface area (Å²) in [5, 5.41) is 15.0. The van der Waals surface area contributed by atoms with E-state index in [1.807, 2.05) is 31.2 Å². The number of rotatable bonds is 5. The summed E-state index contributed by atoms with van der Waals surface area (Å²) in [5.74, 6) is -1.74.